The largest absolute Gasteiger partial charge is 0.508 e. The summed E-state index contributed by atoms with van der Waals surface area (Å²) in [6.07, 6.45) is 8.19. The predicted octanol–water partition coefficient (Wildman–Crippen LogP) is 7.66. The number of unbranched alkanes of at least 4 members (excludes halogenated alkanes) is 3. The first kappa shape index (κ1) is 26.8. The van der Waals surface area contributed by atoms with Gasteiger partial charge in [0, 0.05) is 0 Å². The number of rotatable bonds is 11. The van der Waals surface area contributed by atoms with Crippen molar-refractivity contribution in [2.75, 3.05) is 7.11 Å². The van der Waals surface area contributed by atoms with Crippen molar-refractivity contribution in [3.05, 3.63) is 96.1 Å². The Morgan fingerprint density at radius 3 is 2.39 bits per heavy atom. The first-order valence-electron chi connectivity index (χ1n) is 13.0. The van der Waals surface area contributed by atoms with Crippen molar-refractivity contribution >= 4 is 16.6 Å². The fourth-order valence-electron chi connectivity index (χ4n) is 4.76. The molecule has 1 unspecified atom stereocenters. The summed E-state index contributed by atoms with van der Waals surface area (Å²) in [6.45, 7) is 2.15. The molecular weight excluding hydrogens is 476 g/mol. The highest BCUT2D eigenvalue weighted by Gasteiger charge is 2.22. The molecule has 0 heterocycles. The second-order valence-corrected chi connectivity index (χ2v) is 9.58. The van der Waals surface area contributed by atoms with E-state index < -0.39 is 5.92 Å². The zero-order valence-electron chi connectivity index (χ0n) is 21.9. The van der Waals surface area contributed by atoms with Crippen LogP contribution in [0.15, 0.2) is 84.9 Å². The van der Waals surface area contributed by atoms with Crippen LogP contribution in [0.1, 0.15) is 49.7 Å². The van der Waals surface area contributed by atoms with E-state index >= 15 is 0 Å². The summed E-state index contributed by atoms with van der Waals surface area (Å²) in [7, 11) is 1.50. The van der Waals surface area contributed by atoms with Gasteiger partial charge >= 0.3 is 0 Å². The van der Waals surface area contributed by atoms with Crippen LogP contribution in [0.2, 0.25) is 0 Å². The number of ketones is 1. The molecule has 38 heavy (non-hydrogen) atoms. The van der Waals surface area contributed by atoms with E-state index in [-0.39, 0.29) is 23.0 Å². The maximum absolute atomic E-state index is 13.6. The van der Waals surface area contributed by atoms with Crippen molar-refractivity contribution in [2.24, 2.45) is 0 Å². The molecule has 0 amide bonds. The maximum Gasteiger partial charge on any atom is 0.163 e. The third-order valence-electron chi connectivity index (χ3n) is 6.82. The van der Waals surface area contributed by atoms with Crippen LogP contribution in [0, 0.1) is 0 Å². The average molecular weight is 511 g/mol. The van der Waals surface area contributed by atoms with E-state index in [0.717, 1.165) is 58.7 Å². The molecule has 1 atom stereocenters. The van der Waals surface area contributed by atoms with Gasteiger partial charge in [0.1, 0.15) is 11.5 Å². The lowest BCUT2D eigenvalue weighted by Gasteiger charge is -2.19. The first-order chi connectivity index (χ1) is 18.4. The topological polar surface area (TPSA) is 87.0 Å². The molecule has 0 bridgehead atoms. The van der Waals surface area contributed by atoms with Gasteiger partial charge < -0.3 is 20.1 Å². The Morgan fingerprint density at radius 2 is 1.66 bits per heavy atom. The number of carbonyl (C=O) groups excluding carboxylic acids is 1. The Bertz CT molecular complexity index is 1440. The number of fused-ring (bicyclic) bond motifs is 1. The maximum atomic E-state index is 13.6. The molecular formula is C33H34O5. The van der Waals surface area contributed by atoms with E-state index in [9.17, 15) is 20.1 Å². The third kappa shape index (κ3) is 6.35. The molecule has 0 saturated heterocycles. The van der Waals surface area contributed by atoms with Crippen molar-refractivity contribution in [1.82, 2.24) is 0 Å². The molecule has 0 radical (unpaired) electrons. The van der Waals surface area contributed by atoms with Crippen molar-refractivity contribution < 1.29 is 24.9 Å². The van der Waals surface area contributed by atoms with Gasteiger partial charge in [-0.05, 0) is 101 Å². The van der Waals surface area contributed by atoms with E-state index in [0.29, 0.717) is 12.2 Å². The fraction of sp³-hybridized carbons (Fsp3) is 0.242. The van der Waals surface area contributed by atoms with Crippen LogP contribution in [0.4, 0.5) is 0 Å². The lowest BCUT2D eigenvalue weighted by molar-refractivity contribution is -0.116. The summed E-state index contributed by atoms with van der Waals surface area (Å²) in [5, 5.41) is 31.9. The zero-order valence-corrected chi connectivity index (χ0v) is 21.9. The first-order valence-corrected chi connectivity index (χ1v) is 13.0. The highest BCUT2D eigenvalue weighted by atomic mass is 16.5. The van der Waals surface area contributed by atoms with Crippen molar-refractivity contribution in [3.63, 3.8) is 0 Å². The van der Waals surface area contributed by atoms with Crippen LogP contribution in [-0.2, 0) is 11.2 Å². The molecule has 0 spiro atoms. The van der Waals surface area contributed by atoms with Gasteiger partial charge in [-0.15, -0.1) is 0 Å². The number of methoxy groups -OCH3 is 1. The molecule has 0 aliphatic rings. The summed E-state index contributed by atoms with van der Waals surface area (Å²) in [5.74, 6) is 0.226. The van der Waals surface area contributed by atoms with Crippen LogP contribution in [-0.4, -0.2) is 28.2 Å². The smallest absolute Gasteiger partial charge is 0.163 e. The van der Waals surface area contributed by atoms with E-state index in [1.54, 1.807) is 48.5 Å². The molecule has 4 rings (SSSR count). The molecule has 0 fully saturated rings. The number of phenolic OH excluding ortho intramolecular Hbond substituents is 3. The number of allylic oxidation sites excluding steroid dienone is 2. The monoisotopic (exact) mass is 510 g/mol. The summed E-state index contributed by atoms with van der Waals surface area (Å²) >= 11 is 0. The molecule has 3 N–H and O–H groups in total. The number of hydrogen-bond acceptors (Lipinski definition) is 5. The molecule has 0 saturated carbocycles. The number of ether oxygens (including phenoxy) is 1. The third-order valence-corrected chi connectivity index (χ3v) is 6.82. The van der Waals surface area contributed by atoms with Crippen LogP contribution in [0.3, 0.4) is 0 Å². The number of hydrogen-bond donors (Lipinski definition) is 3. The number of phenols is 3. The van der Waals surface area contributed by atoms with E-state index in [4.69, 9.17) is 4.74 Å². The predicted molar refractivity (Wildman–Crippen MR) is 152 cm³/mol. The zero-order chi connectivity index (χ0) is 27.1. The summed E-state index contributed by atoms with van der Waals surface area (Å²) in [5.41, 5.74) is 3.49. The van der Waals surface area contributed by atoms with E-state index in [2.05, 4.69) is 6.92 Å². The van der Waals surface area contributed by atoms with Gasteiger partial charge in [-0.3, -0.25) is 4.79 Å². The minimum Gasteiger partial charge on any atom is -0.508 e. The van der Waals surface area contributed by atoms with Crippen LogP contribution in [0.5, 0.6) is 23.0 Å². The standard InChI is InChI=1S/C33H34O5/c1-3-4-5-6-7-8-31(36)30(17-22-9-16-32(37)33(18-22)38-2)25-19-24-20-27(35)14-15-28(24)29(21-25)23-10-12-26(34)13-11-23/h7-16,18-21,30,34-35,37H,3-6,17H2,1-2H3. The molecule has 4 aromatic rings. The highest BCUT2D eigenvalue weighted by molar-refractivity contribution is 6.01. The number of carbonyl (C=O) groups is 1. The van der Waals surface area contributed by atoms with Crippen LogP contribution < -0.4 is 4.74 Å². The minimum absolute atomic E-state index is 0.00954. The summed E-state index contributed by atoms with van der Waals surface area (Å²) < 4.78 is 5.30. The lowest BCUT2D eigenvalue weighted by atomic mass is 9.84. The number of benzene rings is 4. The van der Waals surface area contributed by atoms with Crippen molar-refractivity contribution in [2.45, 2.75) is 44.9 Å². The van der Waals surface area contributed by atoms with Gasteiger partial charge in [0.25, 0.3) is 0 Å². The van der Waals surface area contributed by atoms with Crippen LogP contribution in [0.25, 0.3) is 21.9 Å². The molecule has 0 aromatic heterocycles. The normalized spacial score (nSPS) is 12.2. The van der Waals surface area contributed by atoms with Gasteiger partial charge in [-0.25, -0.2) is 0 Å². The SMILES string of the molecule is CCCCCC=CC(=O)C(Cc1ccc(O)c(OC)c1)c1cc(-c2ccc(O)cc2)c2ccc(O)cc2c1. The Labute approximate surface area is 223 Å². The van der Waals surface area contributed by atoms with Gasteiger partial charge in [0.2, 0.25) is 0 Å². The second kappa shape index (κ2) is 12.3. The minimum atomic E-state index is -0.491. The fourth-order valence-corrected chi connectivity index (χ4v) is 4.76. The Balaban J connectivity index is 1.82. The van der Waals surface area contributed by atoms with Gasteiger partial charge in [0.05, 0.1) is 13.0 Å². The Kier molecular flexibility index (Phi) is 8.70. The highest BCUT2D eigenvalue weighted by Crippen LogP contribution is 2.37. The van der Waals surface area contributed by atoms with Crippen molar-refractivity contribution in [3.8, 4) is 34.1 Å². The van der Waals surface area contributed by atoms with E-state index in [1.807, 2.05) is 36.4 Å². The average Bonchev–Trinajstić information content (AvgIpc) is 2.92. The summed E-state index contributed by atoms with van der Waals surface area (Å²) in [6, 6.07) is 21.3. The second-order valence-electron chi connectivity index (χ2n) is 9.58. The molecule has 4 aromatic carbocycles. The van der Waals surface area contributed by atoms with Gasteiger partial charge in [-0.2, -0.15) is 0 Å². The van der Waals surface area contributed by atoms with Gasteiger partial charge in [-0.1, -0.05) is 56.2 Å². The Morgan fingerprint density at radius 1 is 0.895 bits per heavy atom. The summed E-state index contributed by atoms with van der Waals surface area (Å²) in [4.78, 5) is 13.6. The molecule has 5 heteroatoms. The quantitative estimate of drug-likeness (QED) is 0.142. The molecule has 0 aliphatic carbocycles. The molecule has 196 valence electrons. The van der Waals surface area contributed by atoms with Crippen molar-refractivity contribution in [1.29, 1.82) is 0 Å². The molecule has 5 nitrogen and oxygen atoms in total. The van der Waals surface area contributed by atoms with E-state index in [1.165, 1.54) is 7.11 Å². The molecule has 0 aliphatic heterocycles. The Hall–Kier alpha value is -4.25. The van der Waals surface area contributed by atoms with Crippen LogP contribution >= 0.6 is 0 Å². The lowest BCUT2D eigenvalue weighted by Crippen LogP contribution is -2.14. The van der Waals surface area contributed by atoms with Gasteiger partial charge in [0.15, 0.2) is 17.3 Å². The number of aromatic hydroxyl groups is 3.